The standard InChI is InChI=1S/C29H28ClNO4S/c1-29(2,3)22-14-16-23(17-15-22)36(32,33)31-25-19-21(20-10-6-5-7-11-20)18-24(30)28(25)35-27-13-9-8-12-26(27)34-4/h5-19,31H,1-4H3. The maximum absolute atomic E-state index is 13.4. The molecule has 0 atom stereocenters. The summed E-state index contributed by atoms with van der Waals surface area (Å²) in [7, 11) is -2.41. The third-order valence-electron chi connectivity index (χ3n) is 5.71. The molecular formula is C29H28ClNO4S. The number of methoxy groups -OCH3 is 1. The van der Waals surface area contributed by atoms with Gasteiger partial charge in [0, 0.05) is 0 Å². The predicted octanol–water partition coefficient (Wildman–Crippen LogP) is 7.91. The van der Waals surface area contributed by atoms with Crippen molar-refractivity contribution in [3.05, 3.63) is 102 Å². The third-order valence-corrected chi connectivity index (χ3v) is 7.37. The van der Waals surface area contributed by atoms with Crippen molar-refractivity contribution in [3.63, 3.8) is 0 Å². The Bertz CT molecular complexity index is 1460. The average Bonchev–Trinajstić information content (AvgIpc) is 2.86. The Morgan fingerprint density at radius 3 is 2.00 bits per heavy atom. The molecule has 0 aliphatic carbocycles. The monoisotopic (exact) mass is 521 g/mol. The van der Waals surface area contributed by atoms with Gasteiger partial charge in [-0.2, -0.15) is 0 Å². The second kappa shape index (κ2) is 10.2. The van der Waals surface area contributed by atoms with E-state index in [-0.39, 0.29) is 26.8 Å². The lowest BCUT2D eigenvalue weighted by atomic mass is 9.87. The fraction of sp³-hybridized carbons (Fsp3) is 0.172. The number of benzene rings is 4. The minimum atomic E-state index is -3.94. The molecule has 0 spiro atoms. The molecule has 1 N–H and O–H groups in total. The van der Waals surface area contributed by atoms with E-state index in [1.165, 1.54) is 7.11 Å². The number of para-hydroxylation sites is 2. The van der Waals surface area contributed by atoms with Crippen molar-refractivity contribution in [1.29, 1.82) is 0 Å². The quantitative estimate of drug-likeness (QED) is 0.268. The van der Waals surface area contributed by atoms with E-state index in [4.69, 9.17) is 21.1 Å². The van der Waals surface area contributed by atoms with Crippen molar-refractivity contribution in [2.24, 2.45) is 0 Å². The number of sulfonamides is 1. The van der Waals surface area contributed by atoms with Crippen molar-refractivity contribution < 1.29 is 17.9 Å². The fourth-order valence-corrected chi connectivity index (χ4v) is 5.03. The lowest BCUT2D eigenvalue weighted by molar-refractivity contribution is 0.379. The van der Waals surface area contributed by atoms with Crippen LogP contribution in [0.5, 0.6) is 17.2 Å². The van der Waals surface area contributed by atoms with E-state index >= 15 is 0 Å². The van der Waals surface area contributed by atoms with Gasteiger partial charge in [0.15, 0.2) is 17.2 Å². The molecule has 0 heterocycles. The van der Waals surface area contributed by atoms with Crippen LogP contribution in [0, 0.1) is 0 Å². The van der Waals surface area contributed by atoms with E-state index in [9.17, 15) is 8.42 Å². The minimum Gasteiger partial charge on any atom is -0.493 e. The molecule has 0 bridgehead atoms. The first-order chi connectivity index (χ1) is 17.1. The summed E-state index contributed by atoms with van der Waals surface area (Å²) in [5, 5.41) is 0.253. The van der Waals surface area contributed by atoms with Crippen LogP contribution in [0.4, 0.5) is 5.69 Å². The molecule has 4 aromatic rings. The second-order valence-corrected chi connectivity index (χ2v) is 11.4. The highest BCUT2D eigenvalue weighted by atomic mass is 35.5. The number of nitrogens with one attached hydrogen (secondary N) is 1. The molecule has 0 saturated carbocycles. The molecule has 0 radical (unpaired) electrons. The minimum absolute atomic E-state index is 0.0942. The Kier molecular flexibility index (Phi) is 7.29. The van der Waals surface area contributed by atoms with E-state index in [1.54, 1.807) is 42.5 Å². The number of anilines is 1. The highest BCUT2D eigenvalue weighted by molar-refractivity contribution is 7.92. The van der Waals surface area contributed by atoms with Gasteiger partial charge in [-0.15, -0.1) is 0 Å². The van der Waals surface area contributed by atoms with Crippen LogP contribution in [0.2, 0.25) is 5.02 Å². The summed E-state index contributed by atoms with van der Waals surface area (Å²) >= 11 is 6.68. The molecule has 7 heteroatoms. The maximum Gasteiger partial charge on any atom is 0.262 e. The zero-order valence-corrected chi connectivity index (χ0v) is 22.2. The molecule has 0 saturated heterocycles. The fourth-order valence-electron chi connectivity index (χ4n) is 3.72. The van der Waals surface area contributed by atoms with Crippen LogP contribution in [0.15, 0.2) is 95.9 Å². The number of rotatable bonds is 7. The Morgan fingerprint density at radius 1 is 0.778 bits per heavy atom. The number of hydrogen-bond acceptors (Lipinski definition) is 4. The lowest BCUT2D eigenvalue weighted by Gasteiger charge is -2.20. The Hall–Kier alpha value is -3.48. The van der Waals surface area contributed by atoms with Gasteiger partial charge in [-0.25, -0.2) is 8.42 Å². The largest absolute Gasteiger partial charge is 0.493 e. The first-order valence-electron chi connectivity index (χ1n) is 11.4. The number of hydrogen-bond donors (Lipinski definition) is 1. The highest BCUT2D eigenvalue weighted by Crippen LogP contribution is 2.43. The van der Waals surface area contributed by atoms with Crippen LogP contribution in [-0.2, 0) is 15.4 Å². The van der Waals surface area contributed by atoms with Crippen LogP contribution in [-0.4, -0.2) is 15.5 Å². The average molecular weight is 522 g/mol. The van der Waals surface area contributed by atoms with Gasteiger partial charge >= 0.3 is 0 Å². The molecule has 0 amide bonds. The first-order valence-corrected chi connectivity index (χ1v) is 13.3. The van der Waals surface area contributed by atoms with Crippen molar-refractivity contribution in [3.8, 4) is 28.4 Å². The van der Waals surface area contributed by atoms with Crippen LogP contribution < -0.4 is 14.2 Å². The molecule has 186 valence electrons. The SMILES string of the molecule is COc1ccccc1Oc1c(Cl)cc(-c2ccccc2)cc1NS(=O)(=O)c1ccc(C(C)(C)C)cc1. The number of halogens is 1. The van der Waals surface area contributed by atoms with Gasteiger partial charge in [-0.05, 0) is 58.5 Å². The van der Waals surface area contributed by atoms with Crippen molar-refractivity contribution in [1.82, 2.24) is 0 Å². The Balaban J connectivity index is 1.79. The van der Waals surface area contributed by atoms with Gasteiger partial charge in [-0.3, -0.25) is 4.72 Å². The lowest BCUT2D eigenvalue weighted by Crippen LogP contribution is -2.15. The zero-order valence-electron chi connectivity index (χ0n) is 20.6. The molecule has 0 unspecified atom stereocenters. The first kappa shape index (κ1) is 25.6. The molecule has 4 rings (SSSR count). The molecule has 36 heavy (non-hydrogen) atoms. The van der Waals surface area contributed by atoms with Gasteiger partial charge in [0.2, 0.25) is 0 Å². The van der Waals surface area contributed by atoms with Gasteiger partial charge in [0.05, 0.1) is 22.7 Å². The van der Waals surface area contributed by atoms with E-state index < -0.39 is 10.0 Å². The summed E-state index contributed by atoms with van der Waals surface area (Å²) in [6, 6.07) is 27.0. The number of ether oxygens (including phenoxy) is 2. The van der Waals surface area contributed by atoms with Crippen LogP contribution >= 0.6 is 11.6 Å². The normalized spacial score (nSPS) is 11.7. The van der Waals surface area contributed by atoms with Crippen LogP contribution in [0.25, 0.3) is 11.1 Å². The molecule has 0 fully saturated rings. The Morgan fingerprint density at radius 2 is 1.39 bits per heavy atom. The van der Waals surface area contributed by atoms with Gasteiger partial charge in [0.1, 0.15) is 0 Å². The van der Waals surface area contributed by atoms with Crippen LogP contribution in [0.3, 0.4) is 0 Å². The molecule has 0 aromatic heterocycles. The van der Waals surface area contributed by atoms with Crippen molar-refractivity contribution in [2.75, 3.05) is 11.8 Å². The van der Waals surface area contributed by atoms with E-state index in [0.717, 1.165) is 16.7 Å². The molecule has 4 aromatic carbocycles. The van der Waals surface area contributed by atoms with Crippen molar-refractivity contribution in [2.45, 2.75) is 31.1 Å². The van der Waals surface area contributed by atoms with Gasteiger partial charge in [0.25, 0.3) is 10.0 Å². The topological polar surface area (TPSA) is 64.6 Å². The van der Waals surface area contributed by atoms with Gasteiger partial charge in [-0.1, -0.05) is 87.0 Å². The second-order valence-electron chi connectivity index (χ2n) is 9.33. The summed E-state index contributed by atoms with van der Waals surface area (Å²) in [4.78, 5) is 0.139. The summed E-state index contributed by atoms with van der Waals surface area (Å²) in [5.74, 6) is 1.08. The predicted molar refractivity (Wildman–Crippen MR) is 146 cm³/mol. The molecule has 0 aliphatic heterocycles. The third kappa shape index (κ3) is 5.66. The maximum atomic E-state index is 13.4. The summed E-state index contributed by atoms with van der Waals surface area (Å²) in [6.07, 6.45) is 0. The molecule has 0 aliphatic rings. The van der Waals surface area contributed by atoms with E-state index in [0.29, 0.717) is 11.5 Å². The summed E-state index contributed by atoms with van der Waals surface area (Å²) in [6.45, 7) is 6.23. The van der Waals surface area contributed by atoms with Gasteiger partial charge < -0.3 is 9.47 Å². The molecule has 5 nitrogen and oxygen atoms in total. The summed E-state index contributed by atoms with van der Waals surface area (Å²) in [5.41, 5.74) is 2.79. The molecular weight excluding hydrogens is 494 g/mol. The van der Waals surface area contributed by atoms with E-state index in [1.807, 2.05) is 48.5 Å². The summed E-state index contributed by atoms with van der Waals surface area (Å²) < 4.78 is 41.0. The van der Waals surface area contributed by atoms with Crippen LogP contribution in [0.1, 0.15) is 26.3 Å². The zero-order chi connectivity index (χ0) is 25.9. The van der Waals surface area contributed by atoms with Crippen molar-refractivity contribution >= 4 is 27.3 Å². The Labute approximate surface area is 217 Å². The highest BCUT2D eigenvalue weighted by Gasteiger charge is 2.22. The smallest absolute Gasteiger partial charge is 0.262 e. The van der Waals surface area contributed by atoms with E-state index in [2.05, 4.69) is 25.5 Å².